The third kappa shape index (κ3) is 0.964. The van der Waals surface area contributed by atoms with Gasteiger partial charge in [-0.15, -0.1) is 0 Å². The molecule has 0 aromatic rings. The van der Waals surface area contributed by atoms with Crippen molar-refractivity contribution >= 4 is 11.8 Å². The second kappa shape index (κ2) is 2.19. The normalized spacial score (nSPS) is 23.6. The van der Waals surface area contributed by atoms with Crippen molar-refractivity contribution in [1.82, 2.24) is 0 Å². The Balaban J connectivity index is 2.35. The van der Waals surface area contributed by atoms with E-state index in [0.29, 0.717) is 5.76 Å². The van der Waals surface area contributed by atoms with E-state index in [2.05, 4.69) is 0 Å². The van der Waals surface area contributed by atoms with Gasteiger partial charge in [-0.1, -0.05) is 0 Å². The van der Waals surface area contributed by atoms with Gasteiger partial charge in [-0.3, -0.25) is 9.59 Å². The number of allylic oxidation sites excluding steroid dienone is 2. The van der Waals surface area contributed by atoms with Crippen LogP contribution in [0, 0.1) is 0 Å². The minimum atomic E-state index is -0.393. The Kier molecular flexibility index (Phi) is 1.31. The van der Waals surface area contributed by atoms with E-state index in [1.165, 1.54) is 0 Å². The summed E-state index contributed by atoms with van der Waals surface area (Å²) in [5, 5.41) is 0. The van der Waals surface area contributed by atoms with Crippen LogP contribution in [0.25, 0.3) is 0 Å². The maximum atomic E-state index is 11.1. The molecule has 0 radical (unpaired) electrons. The predicted molar refractivity (Wildman–Crippen MR) is 36.6 cm³/mol. The number of esters is 1. The summed E-state index contributed by atoms with van der Waals surface area (Å²) in [7, 11) is 0. The summed E-state index contributed by atoms with van der Waals surface area (Å²) in [5.74, 6) is 0.204. The molecule has 0 bridgehead atoms. The molecule has 0 N–H and O–H groups in total. The van der Waals surface area contributed by atoms with Gasteiger partial charge in [0.2, 0.25) is 0 Å². The van der Waals surface area contributed by atoms with Crippen molar-refractivity contribution in [2.75, 3.05) is 0 Å². The first kappa shape index (κ1) is 6.58. The highest BCUT2D eigenvalue weighted by Gasteiger charge is 2.30. The van der Waals surface area contributed by atoms with Gasteiger partial charge in [0.05, 0.1) is 0 Å². The molecule has 3 nitrogen and oxygen atoms in total. The fourth-order valence-corrected chi connectivity index (χ4v) is 1.53. The van der Waals surface area contributed by atoms with Crippen LogP contribution >= 0.6 is 0 Å². The number of Topliss-reactive ketones (excluding diaryl/α,β-unsaturated/α-hetero) is 1. The highest BCUT2D eigenvalue weighted by molar-refractivity contribution is 6.08. The molecule has 1 aliphatic carbocycles. The molecule has 0 unspecified atom stereocenters. The highest BCUT2D eigenvalue weighted by Crippen LogP contribution is 2.31. The average molecular weight is 152 g/mol. The maximum absolute atomic E-state index is 11.1. The molecule has 1 heterocycles. The molecule has 0 aromatic carbocycles. The van der Waals surface area contributed by atoms with Gasteiger partial charge in [-0.25, -0.2) is 0 Å². The van der Waals surface area contributed by atoms with Crippen LogP contribution in [0.1, 0.15) is 25.7 Å². The summed E-state index contributed by atoms with van der Waals surface area (Å²) in [6.07, 6.45) is 2.44. The number of rotatable bonds is 0. The van der Waals surface area contributed by atoms with E-state index in [0.717, 1.165) is 24.8 Å². The number of hydrogen-bond acceptors (Lipinski definition) is 3. The summed E-state index contributed by atoms with van der Waals surface area (Å²) < 4.78 is 4.90. The quantitative estimate of drug-likeness (QED) is 0.383. The van der Waals surface area contributed by atoms with E-state index in [-0.39, 0.29) is 12.2 Å². The summed E-state index contributed by atoms with van der Waals surface area (Å²) in [5.41, 5.74) is 0.754. The van der Waals surface area contributed by atoms with E-state index >= 15 is 0 Å². The highest BCUT2D eigenvalue weighted by atomic mass is 16.5. The third-order valence-electron chi connectivity index (χ3n) is 2.05. The fraction of sp³-hybridized carbons (Fsp3) is 0.500. The van der Waals surface area contributed by atoms with Gasteiger partial charge in [0.25, 0.3) is 0 Å². The van der Waals surface area contributed by atoms with Gasteiger partial charge >= 0.3 is 5.97 Å². The van der Waals surface area contributed by atoms with Crippen LogP contribution in [-0.2, 0) is 14.3 Å². The van der Waals surface area contributed by atoms with Crippen molar-refractivity contribution < 1.29 is 14.3 Å². The standard InChI is InChI=1S/C8H8O3/c9-6-4-8(10)11-7-3-1-2-5(6)7/h1-4H2. The van der Waals surface area contributed by atoms with Crippen LogP contribution in [0.4, 0.5) is 0 Å². The van der Waals surface area contributed by atoms with Crippen LogP contribution < -0.4 is 0 Å². The molecule has 2 rings (SSSR count). The largest absolute Gasteiger partial charge is 0.430 e. The SMILES string of the molecule is O=C1CC(=O)C2=C(CCC2)O1. The zero-order valence-corrected chi connectivity index (χ0v) is 6.05. The monoisotopic (exact) mass is 152 g/mol. The van der Waals surface area contributed by atoms with E-state index in [1.54, 1.807) is 0 Å². The molecule has 0 fully saturated rings. The van der Waals surface area contributed by atoms with E-state index < -0.39 is 5.97 Å². The van der Waals surface area contributed by atoms with Crippen LogP contribution in [-0.4, -0.2) is 11.8 Å². The molecule has 58 valence electrons. The molecule has 0 atom stereocenters. The lowest BCUT2D eigenvalue weighted by molar-refractivity contribution is -0.143. The van der Waals surface area contributed by atoms with Gasteiger partial charge in [0, 0.05) is 12.0 Å². The van der Waals surface area contributed by atoms with Crippen molar-refractivity contribution in [3.63, 3.8) is 0 Å². The van der Waals surface area contributed by atoms with Crippen molar-refractivity contribution in [2.45, 2.75) is 25.7 Å². The Labute approximate surface area is 64.0 Å². The van der Waals surface area contributed by atoms with E-state index in [4.69, 9.17) is 4.74 Å². The number of ether oxygens (including phenoxy) is 1. The van der Waals surface area contributed by atoms with Gasteiger partial charge in [0.15, 0.2) is 5.78 Å². The van der Waals surface area contributed by atoms with Gasteiger partial charge in [0.1, 0.15) is 12.2 Å². The number of carbonyl (C=O) groups is 2. The molecule has 0 amide bonds. The first-order valence-electron chi connectivity index (χ1n) is 3.73. The molecular formula is C8H8O3. The Hall–Kier alpha value is -1.12. The molecule has 11 heavy (non-hydrogen) atoms. The van der Waals surface area contributed by atoms with Crippen molar-refractivity contribution in [3.8, 4) is 0 Å². The van der Waals surface area contributed by atoms with Gasteiger partial charge in [-0.05, 0) is 12.8 Å². The topological polar surface area (TPSA) is 43.4 Å². The van der Waals surface area contributed by atoms with Crippen LogP contribution in [0.2, 0.25) is 0 Å². The second-order valence-electron chi connectivity index (χ2n) is 2.83. The zero-order chi connectivity index (χ0) is 7.84. The number of carbonyl (C=O) groups excluding carboxylic acids is 2. The smallest absolute Gasteiger partial charge is 0.318 e. The molecule has 1 aliphatic heterocycles. The lowest BCUT2D eigenvalue weighted by atomic mass is 10.1. The molecular weight excluding hydrogens is 144 g/mol. The summed E-state index contributed by atoms with van der Waals surface area (Å²) >= 11 is 0. The van der Waals surface area contributed by atoms with Gasteiger partial charge < -0.3 is 4.74 Å². The molecule has 0 saturated carbocycles. The van der Waals surface area contributed by atoms with Crippen molar-refractivity contribution in [1.29, 1.82) is 0 Å². The Morgan fingerprint density at radius 3 is 2.82 bits per heavy atom. The minimum Gasteiger partial charge on any atom is -0.430 e. The van der Waals surface area contributed by atoms with Crippen LogP contribution in [0.15, 0.2) is 11.3 Å². The molecule has 0 aromatic heterocycles. The third-order valence-corrected chi connectivity index (χ3v) is 2.05. The lowest BCUT2D eigenvalue weighted by Gasteiger charge is -2.11. The molecule has 0 saturated heterocycles. The molecule has 3 heteroatoms. The number of ketones is 1. The Bertz CT molecular complexity index is 263. The number of hydrogen-bond donors (Lipinski definition) is 0. The Morgan fingerprint density at radius 1 is 1.18 bits per heavy atom. The second-order valence-corrected chi connectivity index (χ2v) is 2.83. The lowest BCUT2D eigenvalue weighted by Crippen LogP contribution is -2.18. The summed E-state index contributed by atoms with van der Waals surface area (Å²) in [6, 6.07) is 0. The summed E-state index contributed by atoms with van der Waals surface area (Å²) in [6.45, 7) is 0. The van der Waals surface area contributed by atoms with Gasteiger partial charge in [-0.2, -0.15) is 0 Å². The first-order valence-corrected chi connectivity index (χ1v) is 3.73. The Morgan fingerprint density at radius 2 is 2.00 bits per heavy atom. The average Bonchev–Trinajstić information content (AvgIpc) is 2.34. The van der Waals surface area contributed by atoms with Crippen LogP contribution in [0.5, 0.6) is 0 Å². The first-order chi connectivity index (χ1) is 5.27. The maximum Gasteiger partial charge on any atom is 0.318 e. The van der Waals surface area contributed by atoms with E-state index in [1.807, 2.05) is 0 Å². The molecule has 0 spiro atoms. The minimum absolute atomic E-state index is 0.0336. The fourth-order valence-electron chi connectivity index (χ4n) is 1.53. The van der Waals surface area contributed by atoms with E-state index in [9.17, 15) is 9.59 Å². The zero-order valence-electron chi connectivity index (χ0n) is 6.05. The van der Waals surface area contributed by atoms with Crippen LogP contribution in [0.3, 0.4) is 0 Å². The molecule has 2 aliphatic rings. The van der Waals surface area contributed by atoms with Crippen molar-refractivity contribution in [3.05, 3.63) is 11.3 Å². The predicted octanol–water partition coefficient (Wildman–Crippen LogP) is 0.940. The summed E-state index contributed by atoms with van der Waals surface area (Å²) in [4.78, 5) is 21.9. The van der Waals surface area contributed by atoms with Crippen molar-refractivity contribution in [2.24, 2.45) is 0 Å².